The summed E-state index contributed by atoms with van der Waals surface area (Å²) in [4.78, 5) is 15.8. The molecule has 1 amide bonds. The van der Waals surface area contributed by atoms with Crippen molar-refractivity contribution in [1.29, 1.82) is 0 Å². The monoisotopic (exact) mass is 397 g/mol. The molecular weight excluding hydrogens is 366 g/mol. The van der Waals surface area contributed by atoms with Gasteiger partial charge in [0.05, 0.1) is 5.75 Å². The number of carbonyl (C=O) groups is 1. The van der Waals surface area contributed by atoms with Gasteiger partial charge in [-0.05, 0) is 37.5 Å². The number of hydrogen-bond acceptors (Lipinski definition) is 4. The number of hydrogen-bond donors (Lipinski definition) is 3. The summed E-state index contributed by atoms with van der Waals surface area (Å²) in [5.74, 6) is 0.678. The first-order valence-electron chi connectivity index (χ1n) is 9.03. The third-order valence-corrected chi connectivity index (χ3v) is 5.99. The molecule has 3 N–H and O–H groups in total. The number of amides is 1. The lowest BCUT2D eigenvalue weighted by molar-refractivity contribution is 0.0963. The minimum absolute atomic E-state index is 0.0997. The molecule has 0 bridgehead atoms. The van der Waals surface area contributed by atoms with Crippen molar-refractivity contribution in [3.05, 3.63) is 35.4 Å². The van der Waals surface area contributed by atoms with Crippen LogP contribution in [0.4, 0.5) is 0 Å². The molecule has 27 heavy (non-hydrogen) atoms. The molecule has 9 heteroatoms. The largest absolute Gasteiger partial charge is 0.356 e. The normalized spacial score (nSPS) is 12.1. The molecular formula is C18H31N5O3S. The van der Waals surface area contributed by atoms with Gasteiger partial charge in [0, 0.05) is 46.3 Å². The molecule has 1 aromatic carbocycles. The molecule has 152 valence electrons. The van der Waals surface area contributed by atoms with Crippen molar-refractivity contribution < 1.29 is 13.2 Å². The highest BCUT2D eigenvalue weighted by molar-refractivity contribution is 7.89. The fourth-order valence-electron chi connectivity index (χ4n) is 2.43. The molecule has 0 saturated carbocycles. The van der Waals surface area contributed by atoms with Gasteiger partial charge in [-0.25, -0.2) is 12.7 Å². The van der Waals surface area contributed by atoms with Gasteiger partial charge < -0.3 is 16.0 Å². The Balaban J connectivity index is 2.36. The van der Waals surface area contributed by atoms with Gasteiger partial charge in [0.25, 0.3) is 5.91 Å². The molecule has 0 heterocycles. The van der Waals surface area contributed by atoms with Crippen molar-refractivity contribution >= 4 is 21.9 Å². The summed E-state index contributed by atoms with van der Waals surface area (Å²) < 4.78 is 24.8. The summed E-state index contributed by atoms with van der Waals surface area (Å²) in [6, 6.07) is 7.51. The van der Waals surface area contributed by atoms with Crippen LogP contribution >= 0.6 is 0 Å². The Hall–Kier alpha value is -2.13. The Bertz CT molecular complexity index is 734. The fraction of sp³-hybridized carbons (Fsp3) is 0.556. The molecule has 8 nitrogen and oxygen atoms in total. The summed E-state index contributed by atoms with van der Waals surface area (Å²) in [7, 11) is 1.77. The molecule has 1 aromatic rings. The van der Waals surface area contributed by atoms with Crippen molar-refractivity contribution in [1.82, 2.24) is 20.3 Å². The van der Waals surface area contributed by atoms with Crippen molar-refractivity contribution in [3.8, 4) is 0 Å². The zero-order valence-electron chi connectivity index (χ0n) is 16.6. The second kappa shape index (κ2) is 11.6. The Labute approximate surface area is 162 Å². The van der Waals surface area contributed by atoms with Gasteiger partial charge in [0.15, 0.2) is 5.96 Å². The molecule has 0 atom stereocenters. The molecule has 0 aliphatic rings. The lowest BCUT2D eigenvalue weighted by atomic mass is 10.1. The fourth-order valence-corrected chi connectivity index (χ4v) is 3.27. The highest BCUT2D eigenvalue weighted by Gasteiger charge is 2.13. The van der Waals surface area contributed by atoms with E-state index in [0.717, 1.165) is 12.0 Å². The molecule has 0 aromatic heterocycles. The lowest BCUT2D eigenvalue weighted by Gasteiger charge is -2.17. The average molecular weight is 398 g/mol. The average Bonchev–Trinajstić information content (AvgIpc) is 2.68. The Morgan fingerprint density at radius 3 is 2.56 bits per heavy atom. The summed E-state index contributed by atoms with van der Waals surface area (Å²) in [6.07, 6.45) is 1.44. The molecule has 0 aliphatic heterocycles. The van der Waals surface area contributed by atoms with Crippen LogP contribution in [0.15, 0.2) is 29.3 Å². The van der Waals surface area contributed by atoms with Crippen LogP contribution in [0, 0.1) is 0 Å². The van der Waals surface area contributed by atoms with Gasteiger partial charge in [-0.15, -0.1) is 0 Å². The Kier molecular flexibility index (Phi) is 9.81. The van der Waals surface area contributed by atoms with E-state index in [4.69, 9.17) is 0 Å². The van der Waals surface area contributed by atoms with Gasteiger partial charge in [0.2, 0.25) is 10.0 Å². The number of guanidine groups is 1. The number of nitrogens with zero attached hydrogens (tertiary/aromatic N) is 2. The number of carbonyl (C=O) groups excluding carboxylic acids is 1. The lowest BCUT2D eigenvalue weighted by Crippen LogP contribution is -2.39. The maximum Gasteiger partial charge on any atom is 0.251 e. The zero-order chi connectivity index (χ0) is 20.3. The van der Waals surface area contributed by atoms with Gasteiger partial charge in [-0.3, -0.25) is 9.79 Å². The van der Waals surface area contributed by atoms with Crippen molar-refractivity contribution in [2.24, 2.45) is 4.99 Å². The van der Waals surface area contributed by atoms with Crippen molar-refractivity contribution in [3.63, 3.8) is 0 Å². The number of rotatable bonds is 10. The van der Waals surface area contributed by atoms with E-state index < -0.39 is 10.0 Å². The molecule has 1 rings (SSSR count). The first-order valence-corrected chi connectivity index (χ1v) is 10.6. The maximum atomic E-state index is 11.7. The van der Waals surface area contributed by atoms with Crippen LogP contribution in [-0.4, -0.2) is 71.1 Å². The first-order chi connectivity index (χ1) is 12.8. The molecule has 0 fully saturated rings. The number of aliphatic imine (C=N–C) groups is 1. The minimum atomic E-state index is -3.13. The first kappa shape index (κ1) is 22.9. The van der Waals surface area contributed by atoms with Crippen LogP contribution in [-0.2, 0) is 16.4 Å². The van der Waals surface area contributed by atoms with E-state index in [1.807, 2.05) is 18.2 Å². The van der Waals surface area contributed by atoms with E-state index >= 15 is 0 Å². The number of sulfonamides is 1. The summed E-state index contributed by atoms with van der Waals surface area (Å²) in [5.41, 5.74) is 1.70. The Morgan fingerprint density at radius 1 is 1.22 bits per heavy atom. The Morgan fingerprint density at radius 2 is 1.93 bits per heavy atom. The highest BCUT2D eigenvalue weighted by Crippen LogP contribution is 2.05. The highest BCUT2D eigenvalue weighted by atomic mass is 32.2. The van der Waals surface area contributed by atoms with Gasteiger partial charge in [-0.2, -0.15) is 0 Å². The van der Waals surface area contributed by atoms with Gasteiger partial charge >= 0.3 is 0 Å². The molecule has 0 aliphatic carbocycles. The predicted octanol–water partition coefficient (Wildman–Crippen LogP) is 0.425. The standard InChI is InChI=1S/C18H31N5O3S/c1-5-27(25,26)23(4)13-7-11-21-18(20-3)22-12-10-15-8-6-9-16(14-15)17(24)19-2/h6,8-9,14H,5,7,10-13H2,1-4H3,(H,19,24)(H2,20,21,22). The van der Waals surface area contributed by atoms with Crippen molar-refractivity contribution in [2.45, 2.75) is 19.8 Å². The SMILES string of the molecule is CCS(=O)(=O)N(C)CCCNC(=NC)NCCc1cccc(C(=O)NC)c1. The van der Waals surface area contributed by atoms with E-state index in [-0.39, 0.29) is 11.7 Å². The maximum absolute atomic E-state index is 11.7. The third kappa shape index (κ3) is 7.96. The molecule has 0 radical (unpaired) electrons. The van der Waals surface area contributed by atoms with E-state index in [1.165, 1.54) is 4.31 Å². The summed E-state index contributed by atoms with van der Waals surface area (Å²) >= 11 is 0. The third-order valence-electron chi connectivity index (χ3n) is 4.13. The summed E-state index contributed by atoms with van der Waals surface area (Å²) in [5, 5.41) is 9.01. The number of nitrogens with one attached hydrogen (secondary N) is 3. The minimum Gasteiger partial charge on any atom is -0.356 e. The van der Waals surface area contributed by atoms with Crippen LogP contribution in [0.1, 0.15) is 29.3 Å². The van der Waals surface area contributed by atoms with E-state index in [2.05, 4.69) is 20.9 Å². The van der Waals surface area contributed by atoms with Crippen LogP contribution in [0.3, 0.4) is 0 Å². The second-order valence-electron chi connectivity index (χ2n) is 6.03. The van der Waals surface area contributed by atoms with Gasteiger partial charge in [0.1, 0.15) is 0 Å². The van der Waals surface area contributed by atoms with Crippen LogP contribution in [0.5, 0.6) is 0 Å². The van der Waals surface area contributed by atoms with E-state index in [1.54, 1.807) is 34.1 Å². The predicted molar refractivity (Wildman–Crippen MR) is 110 cm³/mol. The molecule has 0 spiro atoms. The molecule has 0 unspecified atom stereocenters. The van der Waals surface area contributed by atoms with Crippen LogP contribution in [0.25, 0.3) is 0 Å². The van der Waals surface area contributed by atoms with E-state index in [0.29, 0.717) is 37.6 Å². The van der Waals surface area contributed by atoms with Crippen LogP contribution < -0.4 is 16.0 Å². The molecule has 0 saturated heterocycles. The van der Waals surface area contributed by atoms with Crippen molar-refractivity contribution in [2.75, 3.05) is 46.5 Å². The topological polar surface area (TPSA) is 103 Å². The van der Waals surface area contributed by atoms with Crippen LogP contribution in [0.2, 0.25) is 0 Å². The second-order valence-corrected chi connectivity index (χ2v) is 8.40. The zero-order valence-corrected chi connectivity index (χ0v) is 17.4. The smallest absolute Gasteiger partial charge is 0.251 e. The van der Waals surface area contributed by atoms with Gasteiger partial charge in [-0.1, -0.05) is 12.1 Å². The quantitative estimate of drug-likeness (QED) is 0.302. The summed E-state index contributed by atoms with van der Waals surface area (Å²) in [6.45, 7) is 3.39. The number of benzene rings is 1. The van der Waals surface area contributed by atoms with E-state index in [9.17, 15) is 13.2 Å².